The van der Waals surface area contributed by atoms with Crippen molar-refractivity contribution in [2.75, 3.05) is 7.11 Å². The molecule has 0 saturated heterocycles. The van der Waals surface area contributed by atoms with Crippen LogP contribution in [0.15, 0.2) is 17.0 Å². The number of methoxy groups -OCH3 is 1. The number of hydrogen-bond donors (Lipinski definition) is 3. The molecule has 0 aromatic carbocycles. The number of rotatable bonds is 6. The van der Waals surface area contributed by atoms with Gasteiger partial charge in [0.25, 0.3) is 12.4 Å². The Balaban J connectivity index is 0.00000107. The SMILES string of the molecule is CO[C@@H]1CC[C@H](C(=O)NCc2cnn(C)c2C)C[C@H]1NC(=O)c1ncoc1C.O=CO. The Kier molecular flexibility index (Phi) is 8.74. The molecular formula is C20H29N5O6. The van der Waals surface area contributed by atoms with Gasteiger partial charge in [-0.2, -0.15) is 5.10 Å². The fourth-order valence-electron chi connectivity index (χ4n) is 3.62. The van der Waals surface area contributed by atoms with E-state index in [9.17, 15) is 9.59 Å². The van der Waals surface area contributed by atoms with Crippen molar-refractivity contribution in [3.63, 3.8) is 0 Å². The van der Waals surface area contributed by atoms with E-state index in [4.69, 9.17) is 19.1 Å². The number of aryl methyl sites for hydroxylation is 2. The van der Waals surface area contributed by atoms with Crippen LogP contribution in [0.4, 0.5) is 0 Å². The molecule has 2 amide bonds. The predicted molar refractivity (Wildman–Crippen MR) is 109 cm³/mol. The molecule has 2 aromatic heterocycles. The molecular weight excluding hydrogens is 406 g/mol. The number of carbonyl (C=O) groups is 3. The van der Waals surface area contributed by atoms with Crippen LogP contribution in [-0.2, 0) is 27.9 Å². The normalized spacial score (nSPS) is 20.3. The summed E-state index contributed by atoms with van der Waals surface area (Å²) in [6.07, 6.45) is 4.80. The van der Waals surface area contributed by atoms with Crippen LogP contribution in [0.1, 0.15) is 46.8 Å². The molecule has 0 aliphatic heterocycles. The standard InChI is InChI=1S/C19H27N5O4.CH2O2/c1-11-14(9-22-24(11)3)8-20-18(25)13-5-6-16(27-4)15(7-13)23-19(26)17-12(2)28-10-21-17;2-1-3/h9-10,13,15-16H,5-8H2,1-4H3,(H,20,25)(H,23,26);1H,(H,2,3)/t13-,15+,16+;/m0./s1. The zero-order valence-corrected chi connectivity index (χ0v) is 18.1. The van der Waals surface area contributed by atoms with Gasteiger partial charge in [-0.05, 0) is 33.1 Å². The Hall–Kier alpha value is -3.21. The third-order valence-electron chi connectivity index (χ3n) is 5.53. The molecule has 1 saturated carbocycles. The first-order chi connectivity index (χ1) is 14.8. The predicted octanol–water partition coefficient (Wildman–Crippen LogP) is 0.956. The zero-order chi connectivity index (χ0) is 23.0. The first-order valence-electron chi connectivity index (χ1n) is 9.89. The van der Waals surface area contributed by atoms with Gasteiger partial charge in [0, 0.05) is 37.9 Å². The van der Waals surface area contributed by atoms with Gasteiger partial charge in [0.05, 0.1) is 18.3 Å². The second-order valence-corrected chi connectivity index (χ2v) is 7.32. The number of ether oxygens (including phenoxy) is 1. The lowest BCUT2D eigenvalue weighted by Crippen LogP contribution is -2.50. The van der Waals surface area contributed by atoms with Gasteiger partial charge < -0.3 is 24.9 Å². The number of aromatic nitrogens is 3. The van der Waals surface area contributed by atoms with Crippen LogP contribution < -0.4 is 10.6 Å². The molecule has 0 spiro atoms. The summed E-state index contributed by atoms with van der Waals surface area (Å²) in [5.74, 6) is -0.0597. The third-order valence-corrected chi connectivity index (χ3v) is 5.53. The van der Waals surface area contributed by atoms with Crippen molar-refractivity contribution in [3.05, 3.63) is 35.3 Å². The van der Waals surface area contributed by atoms with E-state index in [-0.39, 0.29) is 42.0 Å². The summed E-state index contributed by atoms with van der Waals surface area (Å²) in [5, 5.41) is 17.0. The molecule has 0 unspecified atom stereocenters. The number of hydrogen-bond acceptors (Lipinski definition) is 7. The molecule has 2 aromatic rings. The van der Waals surface area contributed by atoms with E-state index in [0.717, 1.165) is 11.3 Å². The number of carbonyl (C=O) groups excluding carboxylic acids is 2. The maximum Gasteiger partial charge on any atom is 0.290 e. The van der Waals surface area contributed by atoms with Crippen LogP contribution in [0.25, 0.3) is 0 Å². The zero-order valence-electron chi connectivity index (χ0n) is 18.1. The van der Waals surface area contributed by atoms with Crippen LogP contribution in [-0.4, -0.2) is 57.4 Å². The number of nitrogens with one attached hydrogen (secondary N) is 2. The lowest BCUT2D eigenvalue weighted by molar-refractivity contribution is -0.127. The van der Waals surface area contributed by atoms with E-state index in [1.807, 2.05) is 14.0 Å². The van der Waals surface area contributed by atoms with Crippen molar-refractivity contribution >= 4 is 18.3 Å². The summed E-state index contributed by atoms with van der Waals surface area (Å²) in [6, 6.07) is -0.266. The summed E-state index contributed by atoms with van der Waals surface area (Å²) in [6.45, 7) is 3.85. The monoisotopic (exact) mass is 435 g/mol. The van der Waals surface area contributed by atoms with E-state index >= 15 is 0 Å². The quantitative estimate of drug-likeness (QED) is 0.568. The molecule has 11 heteroatoms. The minimum atomic E-state index is -0.314. The molecule has 11 nitrogen and oxygen atoms in total. The second kappa shape index (κ2) is 11.3. The van der Waals surface area contributed by atoms with Crippen molar-refractivity contribution in [2.24, 2.45) is 13.0 Å². The van der Waals surface area contributed by atoms with Gasteiger partial charge in [0.1, 0.15) is 5.76 Å². The van der Waals surface area contributed by atoms with E-state index < -0.39 is 0 Å². The molecule has 3 rings (SSSR count). The van der Waals surface area contributed by atoms with Crippen LogP contribution >= 0.6 is 0 Å². The summed E-state index contributed by atoms with van der Waals surface area (Å²) >= 11 is 0. The Bertz CT molecular complexity index is 893. The van der Waals surface area contributed by atoms with Gasteiger partial charge in [-0.1, -0.05) is 0 Å². The highest BCUT2D eigenvalue weighted by Crippen LogP contribution is 2.27. The molecule has 3 atom stereocenters. The van der Waals surface area contributed by atoms with Crippen LogP contribution in [0.5, 0.6) is 0 Å². The highest BCUT2D eigenvalue weighted by Gasteiger charge is 2.35. The van der Waals surface area contributed by atoms with Gasteiger partial charge in [-0.3, -0.25) is 19.1 Å². The maximum absolute atomic E-state index is 12.7. The minimum Gasteiger partial charge on any atom is -0.483 e. The Labute approximate surface area is 180 Å². The smallest absolute Gasteiger partial charge is 0.290 e. The average molecular weight is 435 g/mol. The molecule has 1 fully saturated rings. The van der Waals surface area contributed by atoms with Gasteiger partial charge in [-0.15, -0.1) is 0 Å². The fraction of sp³-hybridized carbons (Fsp3) is 0.550. The first-order valence-corrected chi connectivity index (χ1v) is 9.89. The number of oxazole rings is 1. The molecule has 1 aliphatic rings. The van der Waals surface area contributed by atoms with Crippen molar-refractivity contribution in [1.82, 2.24) is 25.4 Å². The maximum atomic E-state index is 12.7. The third kappa shape index (κ3) is 6.14. The summed E-state index contributed by atoms with van der Waals surface area (Å²) in [5.41, 5.74) is 2.28. The lowest BCUT2D eigenvalue weighted by atomic mass is 9.83. The van der Waals surface area contributed by atoms with Crippen molar-refractivity contribution < 1.29 is 28.6 Å². The first kappa shape index (κ1) is 24.1. The fourth-order valence-corrected chi connectivity index (χ4v) is 3.62. The molecule has 2 heterocycles. The Morgan fingerprint density at radius 2 is 2.10 bits per heavy atom. The molecule has 1 aliphatic carbocycles. The number of amides is 2. The van der Waals surface area contributed by atoms with Gasteiger partial charge in [0.2, 0.25) is 5.91 Å². The van der Waals surface area contributed by atoms with Gasteiger partial charge in [-0.25, -0.2) is 4.98 Å². The second-order valence-electron chi connectivity index (χ2n) is 7.32. The molecule has 0 bridgehead atoms. The number of nitrogens with zero attached hydrogens (tertiary/aromatic N) is 3. The lowest BCUT2D eigenvalue weighted by Gasteiger charge is -2.35. The van der Waals surface area contributed by atoms with Crippen molar-refractivity contribution in [3.8, 4) is 0 Å². The molecule has 31 heavy (non-hydrogen) atoms. The van der Waals surface area contributed by atoms with Crippen LogP contribution in [0.2, 0.25) is 0 Å². The highest BCUT2D eigenvalue weighted by atomic mass is 16.5. The molecule has 170 valence electrons. The van der Waals surface area contributed by atoms with E-state index in [1.165, 1.54) is 6.39 Å². The van der Waals surface area contributed by atoms with Gasteiger partial charge >= 0.3 is 0 Å². The van der Waals surface area contributed by atoms with Crippen molar-refractivity contribution in [1.29, 1.82) is 0 Å². The van der Waals surface area contributed by atoms with Crippen LogP contribution in [0.3, 0.4) is 0 Å². The molecule has 0 radical (unpaired) electrons. The van der Waals surface area contributed by atoms with E-state index in [1.54, 1.807) is 24.9 Å². The average Bonchev–Trinajstić information content (AvgIpc) is 3.32. The van der Waals surface area contributed by atoms with Crippen LogP contribution in [0, 0.1) is 19.8 Å². The Morgan fingerprint density at radius 3 is 2.65 bits per heavy atom. The topological polar surface area (TPSA) is 149 Å². The Morgan fingerprint density at radius 1 is 1.39 bits per heavy atom. The highest BCUT2D eigenvalue weighted by molar-refractivity contribution is 5.93. The number of carboxylic acid groups (broad SMARTS) is 1. The van der Waals surface area contributed by atoms with Crippen molar-refractivity contribution in [2.45, 2.75) is 51.8 Å². The van der Waals surface area contributed by atoms with E-state index in [0.29, 0.717) is 31.6 Å². The minimum absolute atomic E-state index is 0.0188. The molecule has 3 N–H and O–H groups in total. The largest absolute Gasteiger partial charge is 0.483 e. The van der Waals surface area contributed by atoms with E-state index in [2.05, 4.69) is 20.7 Å². The summed E-state index contributed by atoms with van der Waals surface area (Å²) < 4.78 is 12.4. The van der Waals surface area contributed by atoms with Gasteiger partial charge in [0.15, 0.2) is 12.1 Å². The summed E-state index contributed by atoms with van der Waals surface area (Å²) in [4.78, 5) is 37.5. The summed E-state index contributed by atoms with van der Waals surface area (Å²) in [7, 11) is 3.49.